The lowest BCUT2D eigenvalue weighted by Gasteiger charge is -2.34. The Morgan fingerprint density at radius 1 is 1.26 bits per heavy atom. The van der Waals surface area contributed by atoms with E-state index in [1.807, 2.05) is 13.0 Å². The van der Waals surface area contributed by atoms with Crippen LogP contribution in [0.25, 0.3) is 5.69 Å². The van der Waals surface area contributed by atoms with E-state index in [9.17, 15) is 23.1 Å². The Labute approximate surface area is 194 Å². The topological polar surface area (TPSA) is 119 Å². The molecule has 1 amide bonds. The summed E-state index contributed by atoms with van der Waals surface area (Å²) in [6.45, 7) is 1.85. The highest BCUT2D eigenvalue weighted by Crippen LogP contribution is 2.40. The standard InChI is InChI=1S/C23H25F3N6O2/c1-14-8-16(30-21-28-7-4-18(31-21)23(24,25)26)11-17(9-14)32-12-19(29-13-32)22(34)5-2-15(3-6-22)10-20(27)33/h4,7-9,11-13,15,34H,2-3,5-6,10H2,1H3,(H2,27,33)(H,28,30,31)/t15-,22+. The predicted molar refractivity (Wildman–Crippen MR) is 118 cm³/mol. The molecule has 34 heavy (non-hydrogen) atoms. The Hall–Kier alpha value is -3.47. The van der Waals surface area contributed by atoms with E-state index in [2.05, 4.69) is 20.3 Å². The minimum atomic E-state index is -4.57. The number of aromatic nitrogens is 4. The van der Waals surface area contributed by atoms with E-state index in [1.54, 1.807) is 29.2 Å². The van der Waals surface area contributed by atoms with E-state index in [1.165, 1.54) is 0 Å². The summed E-state index contributed by atoms with van der Waals surface area (Å²) in [5.41, 5.74) is 5.77. The number of anilines is 2. The Morgan fingerprint density at radius 3 is 2.68 bits per heavy atom. The molecule has 180 valence electrons. The molecule has 0 bridgehead atoms. The lowest BCUT2D eigenvalue weighted by atomic mass is 9.76. The van der Waals surface area contributed by atoms with Crippen molar-refractivity contribution >= 4 is 17.5 Å². The number of imidazole rings is 1. The first-order valence-electron chi connectivity index (χ1n) is 10.9. The first kappa shape index (κ1) is 23.7. The number of rotatable bonds is 6. The van der Waals surface area contributed by atoms with Crippen molar-refractivity contribution in [3.05, 3.63) is 59.9 Å². The third kappa shape index (κ3) is 5.36. The van der Waals surface area contributed by atoms with Gasteiger partial charge in [-0.15, -0.1) is 0 Å². The number of primary amides is 1. The molecule has 3 aromatic rings. The zero-order valence-electron chi connectivity index (χ0n) is 18.5. The molecule has 0 atom stereocenters. The Kier molecular flexibility index (Phi) is 6.30. The summed E-state index contributed by atoms with van der Waals surface area (Å²) in [6.07, 6.45) is 2.46. The number of amides is 1. The molecule has 0 radical (unpaired) electrons. The molecule has 4 N–H and O–H groups in total. The number of nitrogens with zero attached hydrogens (tertiary/aromatic N) is 4. The largest absolute Gasteiger partial charge is 0.433 e. The number of nitrogens with two attached hydrogens (primary N) is 1. The summed E-state index contributed by atoms with van der Waals surface area (Å²) in [6, 6.07) is 6.19. The van der Waals surface area contributed by atoms with Crippen LogP contribution in [0.5, 0.6) is 0 Å². The average molecular weight is 474 g/mol. The van der Waals surface area contributed by atoms with Crippen LogP contribution in [-0.2, 0) is 16.6 Å². The first-order valence-corrected chi connectivity index (χ1v) is 10.9. The molecule has 1 fully saturated rings. The smallest absolute Gasteiger partial charge is 0.383 e. The normalized spacial score (nSPS) is 20.8. The number of halogens is 3. The Bertz CT molecular complexity index is 1190. The summed E-state index contributed by atoms with van der Waals surface area (Å²) >= 11 is 0. The van der Waals surface area contributed by atoms with Crippen molar-refractivity contribution < 1.29 is 23.1 Å². The van der Waals surface area contributed by atoms with Crippen molar-refractivity contribution in [2.45, 2.75) is 50.8 Å². The van der Waals surface area contributed by atoms with Gasteiger partial charge in [0.1, 0.15) is 11.3 Å². The summed E-state index contributed by atoms with van der Waals surface area (Å²) in [7, 11) is 0. The van der Waals surface area contributed by atoms with Gasteiger partial charge in [-0.05, 0) is 68.4 Å². The molecule has 11 heteroatoms. The maximum absolute atomic E-state index is 13.0. The van der Waals surface area contributed by atoms with Gasteiger partial charge in [0.05, 0.1) is 12.0 Å². The molecule has 4 rings (SSSR count). The van der Waals surface area contributed by atoms with Gasteiger partial charge in [0.25, 0.3) is 0 Å². The van der Waals surface area contributed by atoms with E-state index in [4.69, 9.17) is 5.73 Å². The Morgan fingerprint density at radius 2 is 2.00 bits per heavy atom. The van der Waals surface area contributed by atoms with Crippen molar-refractivity contribution in [1.29, 1.82) is 0 Å². The molecule has 1 aliphatic carbocycles. The molecule has 0 spiro atoms. The molecular formula is C23H25F3N6O2. The molecule has 1 aromatic carbocycles. The van der Waals surface area contributed by atoms with Crippen molar-refractivity contribution in [2.24, 2.45) is 11.7 Å². The van der Waals surface area contributed by atoms with Crippen LogP contribution in [0.1, 0.15) is 49.1 Å². The van der Waals surface area contributed by atoms with Crippen LogP contribution in [0.3, 0.4) is 0 Å². The maximum Gasteiger partial charge on any atom is 0.433 e. The van der Waals surface area contributed by atoms with Crippen LogP contribution in [0.15, 0.2) is 43.0 Å². The van der Waals surface area contributed by atoms with Gasteiger partial charge in [0.15, 0.2) is 0 Å². The number of benzene rings is 1. The van der Waals surface area contributed by atoms with Crippen LogP contribution in [0, 0.1) is 12.8 Å². The number of alkyl halides is 3. The van der Waals surface area contributed by atoms with Crippen molar-refractivity contribution in [3.8, 4) is 5.69 Å². The summed E-state index contributed by atoms with van der Waals surface area (Å²) in [5, 5.41) is 14.0. The van der Waals surface area contributed by atoms with Crippen molar-refractivity contribution in [1.82, 2.24) is 19.5 Å². The van der Waals surface area contributed by atoms with Gasteiger partial charge in [-0.25, -0.2) is 15.0 Å². The predicted octanol–water partition coefficient (Wildman–Crippen LogP) is 3.99. The molecule has 0 saturated heterocycles. The molecule has 0 aliphatic heterocycles. The number of aliphatic hydroxyl groups is 1. The number of aryl methyl sites for hydroxylation is 1. The third-order valence-electron chi connectivity index (χ3n) is 6.04. The van der Waals surface area contributed by atoms with E-state index in [0.29, 0.717) is 49.2 Å². The minimum absolute atomic E-state index is 0.167. The van der Waals surface area contributed by atoms with Gasteiger partial charge in [0, 0.05) is 30.2 Å². The Balaban J connectivity index is 1.53. The van der Waals surface area contributed by atoms with Crippen molar-refractivity contribution in [2.75, 3.05) is 5.32 Å². The lowest BCUT2D eigenvalue weighted by Crippen LogP contribution is -2.33. The monoisotopic (exact) mass is 474 g/mol. The lowest BCUT2D eigenvalue weighted by molar-refractivity contribution is -0.141. The highest BCUT2D eigenvalue weighted by Gasteiger charge is 2.37. The number of carbonyl (C=O) groups is 1. The van der Waals surface area contributed by atoms with Crippen molar-refractivity contribution in [3.63, 3.8) is 0 Å². The summed E-state index contributed by atoms with van der Waals surface area (Å²) in [4.78, 5) is 23.0. The van der Waals surface area contributed by atoms with Gasteiger partial charge < -0.3 is 20.7 Å². The van der Waals surface area contributed by atoms with Crippen LogP contribution in [-0.4, -0.2) is 30.5 Å². The molecule has 2 heterocycles. The number of hydrogen-bond acceptors (Lipinski definition) is 6. The zero-order valence-corrected chi connectivity index (χ0v) is 18.5. The number of nitrogens with one attached hydrogen (secondary N) is 1. The highest BCUT2D eigenvalue weighted by atomic mass is 19.4. The van der Waals surface area contributed by atoms with E-state index in [-0.39, 0.29) is 17.8 Å². The quantitative estimate of drug-likeness (QED) is 0.497. The molecule has 1 saturated carbocycles. The highest BCUT2D eigenvalue weighted by molar-refractivity contribution is 5.74. The molecule has 0 unspecified atom stereocenters. The second-order valence-corrected chi connectivity index (χ2v) is 8.76. The van der Waals surface area contributed by atoms with Gasteiger partial charge in [-0.1, -0.05) is 0 Å². The van der Waals surface area contributed by atoms with Crippen LogP contribution in [0.4, 0.5) is 24.8 Å². The SMILES string of the molecule is Cc1cc(Nc2nccc(C(F)(F)F)n2)cc(-n2cnc([C@]3(O)CC[C@@H](CC(N)=O)CC3)c2)c1. The fraction of sp³-hybridized carbons (Fsp3) is 0.391. The second kappa shape index (κ2) is 9.05. The first-order chi connectivity index (χ1) is 16.0. The van der Waals surface area contributed by atoms with Gasteiger partial charge in [-0.3, -0.25) is 4.79 Å². The van der Waals surface area contributed by atoms with E-state index in [0.717, 1.165) is 17.8 Å². The average Bonchev–Trinajstić information content (AvgIpc) is 3.26. The summed E-state index contributed by atoms with van der Waals surface area (Å²) < 4.78 is 40.6. The summed E-state index contributed by atoms with van der Waals surface area (Å²) in [5.74, 6) is -0.331. The molecular weight excluding hydrogens is 449 g/mol. The van der Waals surface area contributed by atoms with Gasteiger partial charge in [0.2, 0.25) is 11.9 Å². The molecule has 8 nitrogen and oxygen atoms in total. The molecule has 1 aliphatic rings. The fourth-order valence-electron chi connectivity index (χ4n) is 4.29. The van der Waals surface area contributed by atoms with Gasteiger partial charge >= 0.3 is 6.18 Å². The van der Waals surface area contributed by atoms with Crippen LogP contribution >= 0.6 is 0 Å². The third-order valence-corrected chi connectivity index (χ3v) is 6.04. The number of hydrogen-bond donors (Lipinski definition) is 3. The minimum Gasteiger partial charge on any atom is -0.383 e. The van der Waals surface area contributed by atoms with Crippen LogP contribution in [0.2, 0.25) is 0 Å². The van der Waals surface area contributed by atoms with E-state index >= 15 is 0 Å². The maximum atomic E-state index is 13.0. The fourth-order valence-corrected chi connectivity index (χ4v) is 4.29. The number of carbonyl (C=O) groups excluding carboxylic acids is 1. The van der Waals surface area contributed by atoms with Crippen LogP contribution < -0.4 is 11.1 Å². The van der Waals surface area contributed by atoms with E-state index < -0.39 is 17.5 Å². The zero-order chi connectivity index (χ0) is 24.5. The van der Waals surface area contributed by atoms with Gasteiger partial charge in [-0.2, -0.15) is 13.2 Å². The second-order valence-electron chi connectivity index (χ2n) is 8.76. The molecule has 2 aromatic heterocycles.